The molecule has 0 spiro atoms. The second kappa shape index (κ2) is 6.31. The van der Waals surface area contributed by atoms with Crippen molar-refractivity contribution in [3.63, 3.8) is 0 Å². The van der Waals surface area contributed by atoms with Crippen molar-refractivity contribution in [2.75, 3.05) is 0 Å². The number of aromatic amines is 1. The van der Waals surface area contributed by atoms with Gasteiger partial charge in [0.15, 0.2) is 0 Å². The smallest absolute Gasteiger partial charge is 0.237 e. The molecule has 1 heterocycles. The van der Waals surface area contributed by atoms with Gasteiger partial charge in [-0.2, -0.15) is 0 Å². The third-order valence-electron chi connectivity index (χ3n) is 4.40. The number of aryl methyl sites for hydroxylation is 2. The fourth-order valence-electron chi connectivity index (χ4n) is 2.44. The Hall–Kier alpha value is -1.81. The minimum Gasteiger partial charge on any atom is -0.358 e. The van der Waals surface area contributed by atoms with Crippen molar-refractivity contribution in [3.05, 3.63) is 35.0 Å². The number of hydrogen-bond acceptors (Lipinski definition) is 2. The van der Waals surface area contributed by atoms with E-state index in [0.717, 1.165) is 17.5 Å². The summed E-state index contributed by atoms with van der Waals surface area (Å²) in [5, 5.41) is 4.14. The molecular formula is C17H25N3O. The first-order valence-electron chi connectivity index (χ1n) is 7.55. The summed E-state index contributed by atoms with van der Waals surface area (Å²) in [6.45, 7) is 8.74. The van der Waals surface area contributed by atoms with E-state index in [9.17, 15) is 4.79 Å². The maximum Gasteiger partial charge on any atom is 0.237 e. The maximum absolute atomic E-state index is 12.0. The van der Waals surface area contributed by atoms with Crippen LogP contribution in [0.2, 0.25) is 0 Å². The van der Waals surface area contributed by atoms with Crippen molar-refractivity contribution in [2.45, 2.75) is 46.7 Å². The molecule has 114 valence electrons. The average Bonchev–Trinajstić information content (AvgIpc) is 2.78. The van der Waals surface area contributed by atoms with E-state index in [-0.39, 0.29) is 11.8 Å². The molecule has 0 aliphatic rings. The van der Waals surface area contributed by atoms with Crippen LogP contribution in [-0.4, -0.2) is 16.9 Å². The van der Waals surface area contributed by atoms with Crippen LogP contribution < -0.4 is 11.1 Å². The molecule has 4 nitrogen and oxygen atoms in total. The van der Waals surface area contributed by atoms with Gasteiger partial charge in [0, 0.05) is 23.1 Å². The van der Waals surface area contributed by atoms with Crippen LogP contribution in [0.15, 0.2) is 18.2 Å². The van der Waals surface area contributed by atoms with Crippen LogP contribution in [-0.2, 0) is 11.3 Å². The summed E-state index contributed by atoms with van der Waals surface area (Å²) in [7, 11) is 0. The third-order valence-corrected chi connectivity index (χ3v) is 4.40. The predicted molar refractivity (Wildman–Crippen MR) is 87.0 cm³/mol. The highest BCUT2D eigenvalue weighted by molar-refractivity contribution is 5.85. The number of carbonyl (C=O) groups excluding carboxylic acids is 1. The molecule has 1 aromatic heterocycles. The first-order valence-corrected chi connectivity index (χ1v) is 7.55. The number of fused-ring (bicyclic) bond motifs is 1. The summed E-state index contributed by atoms with van der Waals surface area (Å²) < 4.78 is 0. The normalized spacial score (nSPS) is 14.1. The zero-order valence-corrected chi connectivity index (χ0v) is 13.3. The van der Waals surface area contributed by atoms with E-state index in [4.69, 9.17) is 5.73 Å². The molecule has 2 unspecified atom stereocenters. The third kappa shape index (κ3) is 3.27. The average molecular weight is 287 g/mol. The lowest BCUT2D eigenvalue weighted by atomic mass is 9.99. The second-order valence-electron chi connectivity index (χ2n) is 5.88. The lowest BCUT2D eigenvalue weighted by Crippen LogP contribution is -2.44. The van der Waals surface area contributed by atoms with Gasteiger partial charge in [-0.15, -0.1) is 0 Å². The molecule has 2 rings (SSSR count). The summed E-state index contributed by atoms with van der Waals surface area (Å²) in [5.41, 5.74) is 10.6. The lowest BCUT2D eigenvalue weighted by molar-refractivity contribution is -0.123. The van der Waals surface area contributed by atoms with E-state index in [1.165, 1.54) is 16.6 Å². The van der Waals surface area contributed by atoms with Gasteiger partial charge in [0.05, 0.1) is 6.04 Å². The molecule has 0 fully saturated rings. The van der Waals surface area contributed by atoms with Gasteiger partial charge in [0.1, 0.15) is 0 Å². The predicted octanol–water partition coefficient (Wildman–Crippen LogP) is 2.77. The summed E-state index contributed by atoms with van der Waals surface area (Å²) in [5.74, 6) is 0.119. The van der Waals surface area contributed by atoms with Crippen molar-refractivity contribution in [1.82, 2.24) is 10.3 Å². The van der Waals surface area contributed by atoms with E-state index in [1.807, 2.05) is 19.9 Å². The van der Waals surface area contributed by atoms with E-state index >= 15 is 0 Å². The number of amides is 1. The molecule has 1 amide bonds. The number of rotatable bonds is 5. The highest BCUT2D eigenvalue weighted by Crippen LogP contribution is 2.22. The van der Waals surface area contributed by atoms with Crippen molar-refractivity contribution in [1.29, 1.82) is 0 Å². The van der Waals surface area contributed by atoms with E-state index < -0.39 is 6.04 Å². The Kier molecular flexibility index (Phi) is 4.68. The van der Waals surface area contributed by atoms with Crippen LogP contribution in [0.3, 0.4) is 0 Å². The van der Waals surface area contributed by atoms with Crippen molar-refractivity contribution in [3.8, 4) is 0 Å². The quantitative estimate of drug-likeness (QED) is 0.791. The lowest BCUT2D eigenvalue weighted by Gasteiger charge is -2.17. The summed E-state index contributed by atoms with van der Waals surface area (Å²) in [6, 6.07) is 5.79. The van der Waals surface area contributed by atoms with E-state index in [2.05, 4.69) is 36.3 Å². The molecule has 0 bridgehead atoms. The fourth-order valence-corrected chi connectivity index (χ4v) is 2.44. The van der Waals surface area contributed by atoms with Crippen LogP contribution in [0.25, 0.3) is 10.9 Å². The Labute approximate surface area is 126 Å². The van der Waals surface area contributed by atoms with Gasteiger partial charge >= 0.3 is 0 Å². The topological polar surface area (TPSA) is 70.9 Å². The van der Waals surface area contributed by atoms with Gasteiger partial charge in [-0.3, -0.25) is 4.79 Å². The van der Waals surface area contributed by atoms with Crippen LogP contribution in [0, 0.1) is 19.8 Å². The highest BCUT2D eigenvalue weighted by atomic mass is 16.2. The van der Waals surface area contributed by atoms with Gasteiger partial charge in [-0.1, -0.05) is 26.3 Å². The van der Waals surface area contributed by atoms with E-state index in [0.29, 0.717) is 6.54 Å². The standard InChI is InChI=1S/C17H25N3O/c1-5-10(2)16(18)17(21)19-9-13-6-7-15-14(8-13)11(3)12(4)20-15/h6-8,10,16,20H,5,9,18H2,1-4H3,(H,19,21). The monoisotopic (exact) mass is 287 g/mol. The van der Waals surface area contributed by atoms with E-state index in [1.54, 1.807) is 0 Å². The summed E-state index contributed by atoms with van der Waals surface area (Å²) in [6.07, 6.45) is 0.905. The van der Waals surface area contributed by atoms with Crippen LogP contribution in [0.4, 0.5) is 0 Å². The van der Waals surface area contributed by atoms with Gasteiger partial charge in [-0.05, 0) is 43.0 Å². The maximum atomic E-state index is 12.0. The van der Waals surface area contributed by atoms with Gasteiger partial charge < -0.3 is 16.0 Å². The molecule has 4 N–H and O–H groups in total. The summed E-state index contributed by atoms with van der Waals surface area (Å²) in [4.78, 5) is 15.4. The molecule has 0 aliphatic carbocycles. The minimum atomic E-state index is -0.435. The summed E-state index contributed by atoms with van der Waals surface area (Å²) >= 11 is 0. The van der Waals surface area contributed by atoms with Crippen molar-refractivity contribution < 1.29 is 4.79 Å². The number of carbonyl (C=O) groups is 1. The highest BCUT2D eigenvalue weighted by Gasteiger charge is 2.18. The zero-order chi connectivity index (χ0) is 15.6. The SMILES string of the molecule is CCC(C)C(N)C(=O)NCc1ccc2[nH]c(C)c(C)c2c1. The first kappa shape index (κ1) is 15.6. The van der Waals surface area contributed by atoms with Crippen molar-refractivity contribution >= 4 is 16.8 Å². The molecule has 21 heavy (non-hydrogen) atoms. The van der Waals surface area contributed by atoms with Gasteiger partial charge in [-0.25, -0.2) is 0 Å². The molecule has 0 aliphatic heterocycles. The Balaban J connectivity index is 2.07. The zero-order valence-electron chi connectivity index (χ0n) is 13.3. The van der Waals surface area contributed by atoms with Crippen LogP contribution in [0.5, 0.6) is 0 Å². The Morgan fingerprint density at radius 1 is 1.38 bits per heavy atom. The van der Waals surface area contributed by atoms with Gasteiger partial charge in [0.25, 0.3) is 0 Å². The molecule has 0 radical (unpaired) electrons. The number of H-pyrrole nitrogens is 1. The number of hydrogen-bond donors (Lipinski definition) is 3. The Morgan fingerprint density at radius 3 is 2.76 bits per heavy atom. The van der Waals surface area contributed by atoms with Crippen LogP contribution in [0.1, 0.15) is 37.1 Å². The molecule has 2 aromatic rings. The largest absolute Gasteiger partial charge is 0.358 e. The minimum absolute atomic E-state index is 0.0774. The molecule has 0 saturated heterocycles. The number of nitrogens with one attached hydrogen (secondary N) is 2. The van der Waals surface area contributed by atoms with Crippen LogP contribution >= 0.6 is 0 Å². The second-order valence-corrected chi connectivity index (χ2v) is 5.88. The molecular weight excluding hydrogens is 262 g/mol. The number of aromatic nitrogens is 1. The molecule has 2 atom stereocenters. The molecule has 4 heteroatoms. The Bertz CT molecular complexity index is 645. The number of benzene rings is 1. The fraction of sp³-hybridized carbons (Fsp3) is 0.471. The Morgan fingerprint density at radius 2 is 2.10 bits per heavy atom. The first-order chi connectivity index (χ1) is 9.93. The van der Waals surface area contributed by atoms with Crippen molar-refractivity contribution in [2.24, 2.45) is 11.7 Å². The number of nitrogens with two attached hydrogens (primary N) is 1. The molecule has 1 aromatic carbocycles. The molecule has 0 saturated carbocycles. The van der Waals surface area contributed by atoms with Gasteiger partial charge in [0.2, 0.25) is 5.91 Å².